The van der Waals surface area contributed by atoms with E-state index < -0.39 is 5.97 Å². The molecule has 0 fully saturated rings. The highest BCUT2D eigenvalue weighted by molar-refractivity contribution is 5.88. The zero-order chi connectivity index (χ0) is 13.0. The van der Waals surface area contributed by atoms with E-state index in [-0.39, 0.29) is 5.56 Å². The first-order valence-corrected chi connectivity index (χ1v) is 5.99. The zero-order valence-corrected chi connectivity index (χ0v) is 11.0. The lowest BCUT2D eigenvalue weighted by Gasteiger charge is -2.21. The van der Waals surface area contributed by atoms with Gasteiger partial charge in [-0.25, -0.2) is 4.79 Å². The fourth-order valence-corrected chi connectivity index (χ4v) is 1.88. The number of hydrogen-bond donors (Lipinski definition) is 1. The van der Waals surface area contributed by atoms with Gasteiger partial charge in [0.25, 0.3) is 0 Å². The lowest BCUT2D eigenvalue weighted by atomic mass is 10.2. The van der Waals surface area contributed by atoms with Gasteiger partial charge in [0.15, 0.2) is 0 Å². The maximum absolute atomic E-state index is 10.9. The van der Waals surface area contributed by atoms with Crippen LogP contribution in [0.15, 0.2) is 10.5 Å². The fourth-order valence-electron chi connectivity index (χ4n) is 1.88. The summed E-state index contributed by atoms with van der Waals surface area (Å²) < 4.78 is 5.47. The van der Waals surface area contributed by atoms with Crippen molar-refractivity contribution in [1.29, 1.82) is 0 Å². The molecule has 1 rings (SSSR count). The number of hydrogen-bond acceptors (Lipinski definition) is 3. The Bertz CT molecular complexity index is 382. The Kier molecular flexibility index (Phi) is 4.75. The van der Waals surface area contributed by atoms with Crippen molar-refractivity contribution in [1.82, 2.24) is 4.90 Å². The van der Waals surface area contributed by atoms with Gasteiger partial charge in [0.05, 0.1) is 6.54 Å². The molecule has 1 heterocycles. The summed E-state index contributed by atoms with van der Waals surface area (Å²) in [7, 11) is 0. The third kappa shape index (κ3) is 3.89. The maximum Gasteiger partial charge on any atom is 0.339 e. The van der Waals surface area contributed by atoms with Gasteiger partial charge >= 0.3 is 5.97 Å². The summed E-state index contributed by atoms with van der Waals surface area (Å²) in [5.41, 5.74) is 0.264. The monoisotopic (exact) mass is 239 g/mol. The Hall–Kier alpha value is -1.29. The summed E-state index contributed by atoms with van der Waals surface area (Å²) in [4.78, 5) is 13.1. The predicted molar refractivity (Wildman–Crippen MR) is 66.2 cm³/mol. The fraction of sp³-hybridized carbons (Fsp3) is 0.615. The topological polar surface area (TPSA) is 53.7 Å². The molecule has 0 saturated heterocycles. The van der Waals surface area contributed by atoms with Gasteiger partial charge in [-0.3, -0.25) is 4.90 Å². The van der Waals surface area contributed by atoms with Crippen molar-refractivity contribution >= 4 is 5.97 Å². The van der Waals surface area contributed by atoms with Gasteiger partial charge in [0.1, 0.15) is 17.1 Å². The Morgan fingerprint density at radius 3 is 2.59 bits per heavy atom. The minimum atomic E-state index is -0.926. The Balaban J connectivity index is 2.73. The molecule has 0 aromatic carbocycles. The molecule has 96 valence electrons. The molecule has 0 amide bonds. The summed E-state index contributed by atoms with van der Waals surface area (Å²) in [6.45, 7) is 10.7. The molecule has 0 radical (unpaired) electrons. The zero-order valence-electron chi connectivity index (χ0n) is 11.0. The maximum atomic E-state index is 10.9. The second-order valence-electron chi connectivity index (χ2n) is 4.71. The highest BCUT2D eigenvalue weighted by atomic mass is 16.4. The van der Waals surface area contributed by atoms with Crippen LogP contribution in [0.1, 0.15) is 42.6 Å². The second-order valence-corrected chi connectivity index (χ2v) is 4.71. The van der Waals surface area contributed by atoms with Crippen LogP contribution in [0.3, 0.4) is 0 Å². The molecular formula is C13H21NO3. The summed E-state index contributed by atoms with van der Waals surface area (Å²) in [6.07, 6.45) is 0. The molecule has 4 nitrogen and oxygen atoms in total. The number of aryl methyl sites for hydroxylation is 1. The first-order valence-electron chi connectivity index (χ1n) is 5.99. The van der Waals surface area contributed by atoms with E-state index in [0.717, 1.165) is 18.8 Å². The van der Waals surface area contributed by atoms with E-state index in [9.17, 15) is 4.79 Å². The Morgan fingerprint density at radius 1 is 1.53 bits per heavy atom. The molecule has 0 bridgehead atoms. The van der Waals surface area contributed by atoms with Gasteiger partial charge in [-0.1, -0.05) is 20.8 Å². The van der Waals surface area contributed by atoms with Crippen LogP contribution < -0.4 is 0 Å². The quantitative estimate of drug-likeness (QED) is 0.829. The van der Waals surface area contributed by atoms with E-state index in [1.165, 1.54) is 0 Å². The molecule has 0 aliphatic heterocycles. The van der Waals surface area contributed by atoms with Crippen molar-refractivity contribution in [3.8, 4) is 0 Å². The predicted octanol–water partition coefficient (Wildman–Crippen LogP) is 2.76. The van der Waals surface area contributed by atoms with Gasteiger partial charge in [0, 0.05) is 6.54 Å². The Morgan fingerprint density at radius 2 is 2.18 bits per heavy atom. The molecule has 17 heavy (non-hydrogen) atoms. The number of carbonyl (C=O) groups is 1. The summed E-state index contributed by atoms with van der Waals surface area (Å²) in [5, 5.41) is 8.94. The lowest BCUT2D eigenvalue weighted by molar-refractivity contribution is 0.0695. The van der Waals surface area contributed by atoms with E-state index in [2.05, 4.69) is 25.7 Å². The molecular weight excluding hydrogens is 218 g/mol. The van der Waals surface area contributed by atoms with Crippen molar-refractivity contribution in [2.75, 3.05) is 13.1 Å². The number of carboxylic acids is 1. The van der Waals surface area contributed by atoms with E-state index >= 15 is 0 Å². The van der Waals surface area contributed by atoms with Gasteiger partial charge < -0.3 is 9.52 Å². The highest BCUT2D eigenvalue weighted by Crippen LogP contribution is 2.16. The summed E-state index contributed by atoms with van der Waals surface area (Å²) in [5.74, 6) is 0.866. The smallest absolute Gasteiger partial charge is 0.339 e. The van der Waals surface area contributed by atoms with E-state index in [4.69, 9.17) is 9.52 Å². The van der Waals surface area contributed by atoms with Crippen molar-refractivity contribution in [2.45, 2.75) is 34.2 Å². The minimum Gasteiger partial charge on any atom is -0.478 e. The standard InChI is InChI=1S/C13H21NO3/c1-5-14(7-9(2)3)8-11-6-12(13(15)16)10(4)17-11/h6,9H,5,7-8H2,1-4H3,(H,15,16). The van der Waals surface area contributed by atoms with Gasteiger partial charge in [-0.2, -0.15) is 0 Å². The van der Waals surface area contributed by atoms with E-state index in [1.807, 2.05) is 0 Å². The van der Waals surface area contributed by atoms with Crippen LogP contribution >= 0.6 is 0 Å². The van der Waals surface area contributed by atoms with Crippen LogP contribution in [0.5, 0.6) is 0 Å². The van der Waals surface area contributed by atoms with Crippen LogP contribution in [0.25, 0.3) is 0 Å². The van der Waals surface area contributed by atoms with Gasteiger partial charge in [-0.15, -0.1) is 0 Å². The largest absolute Gasteiger partial charge is 0.478 e. The van der Waals surface area contributed by atoms with Crippen LogP contribution in [0.2, 0.25) is 0 Å². The normalized spacial score (nSPS) is 11.4. The van der Waals surface area contributed by atoms with Crippen LogP contribution in [0, 0.1) is 12.8 Å². The number of furan rings is 1. The number of rotatable bonds is 6. The number of nitrogens with zero attached hydrogens (tertiary/aromatic N) is 1. The second kappa shape index (κ2) is 5.87. The Labute approximate surface area is 102 Å². The molecule has 0 unspecified atom stereocenters. The highest BCUT2D eigenvalue weighted by Gasteiger charge is 2.15. The van der Waals surface area contributed by atoms with Crippen LogP contribution in [-0.2, 0) is 6.54 Å². The molecule has 0 spiro atoms. The van der Waals surface area contributed by atoms with Crippen molar-refractivity contribution < 1.29 is 14.3 Å². The summed E-state index contributed by atoms with van der Waals surface area (Å²) in [6, 6.07) is 1.63. The first kappa shape index (κ1) is 13.8. The number of carboxylic acid groups (broad SMARTS) is 1. The summed E-state index contributed by atoms with van der Waals surface area (Å²) >= 11 is 0. The average Bonchev–Trinajstić information content (AvgIpc) is 2.57. The molecule has 4 heteroatoms. The SMILES string of the molecule is CCN(Cc1cc(C(=O)O)c(C)o1)CC(C)C. The minimum absolute atomic E-state index is 0.264. The van der Waals surface area contributed by atoms with Crippen LogP contribution in [-0.4, -0.2) is 29.1 Å². The van der Waals surface area contributed by atoms with Gasteiger partial charge in [0.2, 0.25) is 0 Å². The lowest BCUT2D eigenvalue weighted by Crippen LogP contribution is -2.26. The third-order valence-electron chi connectivity index (χ3n) is 2.65. The average molecular weight is 239 g/mol. The molecule has 1 aromatic rings. The molecule has 1 N–H and O–H groups in total. The van der Waals surface area contributed by atoms with Crippen LogP contribution in [0.4, 0.5) is 0 Å². The van der Waals surface area contributed by atoms with E-state index in [1.54, 1.807) is 13.0 Å². The van der Waals surface area contributed by atoms with Gasteiger partial charge in [-0.05, 0) is 25.5 Å². The molecule has 1 aromatic heterocycles. The number of aromatic carboxylic acids is 1. The molecule has 0 aliphatic rings. The first-order chi connectivity index (χ1) is 7.93. The van der Waals surface area contributed by atoms with Crippen molar-refractivity contribution in [3.63, 3.8) is 0 Å². The van der Waals surface area contributed by atoms with E-state index in [0.29, 0.717) is 18.2 Å². The molecule has 0 aliphatic carbocycles. The van der Waals surface area contributed by atoms with Crippen molar-refractivity contribution in [2.24, 2.45) is 5.92 Å². The van der Waals surface area contributed by atoms with Crippen molar-refractivity contribution in [3.05, 3.63) is 23.2 Å². The molecule has 0 saturated carbocycles. The molecule has 0 atom stereocenters. The third-order valence-corrected chi connectivity index (χ3v) is 2.65.